The van der Waals surface area contributed by atoms with Crippen LogP contribution in [0.15, 0.2) is 42.5 Å². The van der Waals surface area contributed by atoms with E-state index in [0.717, 1.165) is 41.8 Å². The molecule has 32 heavy (non-hydrogen) atoms. The van der Waals surface area contributed by atoms with Crippen LogP contribution in [-0.4, -0.2) is 41.8 Å². The molecule has 4 atom stereocenters. The van der Waals surface area contributed by atoms with E-state index < -0.39 is 17.4 Å². The predicted octanol–water partition coefficient (Wildman–Crippen LogP) is 3.15. The lowest BCUT2D eigenvalue weighted by atomic mass is 9.75. The molecule has 4 heterocycles. The molecule has 3 amide bonds. The van der Waals surface area contributed by atoms with Gasteiger partial charge in [0.25, 0.3) is 5.91 Å². The van der Waals surface area contributed by atoms with E-state index in [-0.39, 0.29) is 23.8 Å². The number of para-hydroxylation sites is 1. The lowest BCUT2D eigenvalue weighted by Crippen LogP contribution is -2.56. The van der Waals surface area contributed by atoms with Crippen LogP contribution in [0.25, 0.3) is 0 Å². The summed E-state index contributed by atoms with van der Waals surface area (Å²) in [4.78, 5) is 47.3. The molecule has 0 saturated carbocycles. The van der Waals surface area contributed by atoms with Crippen LogP contribution in [0.4, 0.5) is 11.4 Å². The largest absolute Gasteiger partial charge is 0.310 e. The molecule has 6 nitrogen and oxygen atoms in total. The third kappa shape index (κ3) is 2.11. The number of rotatable bonds is 2. The summed E-state index contributed by atoms with van der Waals surface area (Å²) in [5, 5.41) is 0. The Morgan fingerprint density at radius 3 is 2.53 bits per heavy atom. The number of fused-ring (bicyclic) bond motifs is 7. The van der Waals surface area contributed by atoms with Gasteiger partial charge >= 0.3 is 0 Å². The summed E-state index contributed by atoms with van der Waals surface area (Å²) < 4.78 is 0. The van der Waals surface area contributed by atoms with Gasteiger partial charge in [-0.1, -0.05) is 24.3 Å². The maximum atomic E-state index is 14.1. The smallest absolute Gasteiger partial charge is 0.253 e. The summed E-state index contributed by atoms with van der Waals surface area (Å²) >= 11 is 0. The Labute approximate surface area is 187 Å². The van der Waals surface area contributed by atoms with Gasteiger partial charge in [-0.3, -0.25) is 19.3 Å². The highest BCUT2D eigenvalue weighted by atomic mass is 16.2. The van der Waals surface area contributed by atoms with Crippen molar-refractivity contribution < 1.29 is 14.4 Å². The van der Waals surface area contributed by atoms with E-state index in [2.05, 4.69) is 4.90 Å². The van der Waals surface area contributed by atoms with Gasteiger partial charge in [0.2, 0.25) is 11.8 Å². The monoisotopic (exact) mass is 429 g/mol. The number of carbonyl (C=O) groups is 3. The minimum Gasteiger partial charge on any atom is -0.310 e. The maximum Gasteiger partial charge on any atom is 0.253 e. The second-order valence-electron chi connectivity index (χ2n) is 9.52. The first-order chi connectivity index (χ1) is 15.4. The van der Waals surface area contributed by atoms with E-state index in [0.29, 0.717) is 12.2 Å². The summed E-state index contributed by atoms with van der Waals surface area (Å²) in [7, 11) is 0. The average Bonchev–Trinajstić information content (AvgIpc) is 3.48. The van der Waals surface area contributed by atoms with Gasteiger partial charge in [0.1, 0.15) is 5.54 Å². The number of carbonyl (C=O) groups excluding carboxylic acids is 3. The molecular formula is C26H27N3O3. The SMILES string of the molecule is CCN1C(=O)[C@]2(c3ccccc31)[C@@H]1C(=O)N(c3ccc(C)c(C)c3)C(=O)[C@H]1[C@H]1CCCN12. The highest BCUT2D eigenvalue weighted by Crippen LogP contribution is 2.61. The predicted molar refractivity (Wildman–Crippen MR) is 121 cm³/mol. The zero-order chi connectivity index (χ0) is 22.4. The molecule has 2 aromatic carbocycles. The van der Waals surface area contributed by atoms with Crippen LogP contribution in [0, 0.1) is 25.7 Å². The molecule has 0 aromatic heterocycles. The van der Waals surface area contributed by atoms with Crippen molar-refractivity contribution in [1.29, 1.82) is 0 Å². The molecule has 6 heteroatoms. The number of nitrogens with zero attached hydrogens (tertiary/aromatic N) is 3. The van der Waals surface area contributed by atoms with Gasteiger partial charge in [0, 0.05) is 23.8 Å². The fourth-order valence-electron chi connectivity index (χ4n) is 6.77. The Morgan fingerprint density at radius 2 is 1.78 bits per heavy atom. The van der Waals surface area contributed by atoms with Crippen molar-refractivity contribution in [2.45, 2.75) is 45.2 Å². The highest BCUT2D eigenvalue weighted by Gasteiger charge is 2.75. The first-order valence-electron chi connectivity index (χ1n) is 11.6. The van der Waals surface area contributed by atoms with Crippen molar-refractivity contribution >= 4 is 29.1 Å². The number of benzene rings is 2. The van der Waals surface area contributed by atoms with Crippen LogP contribution in [0.1, 0.15) is 36.5 Å². The van der Waals surface area contributed by atoms with Crippen LogP contribution in [0.5, 0.6) is 0 Å². The summed E-state index contributed by atoms with van der Waals surface area (Å²) in [6, 6.07) is 13.4. The van der Waals surface area contributed by atoms with Crippen molar-refractivity contribution in [3.8, 4) is 0 Å². The van der Waals surface area contributed by atoms with Crippen LogP contribution in [0.3, 0.4) is 0 Å². The molecule has 0 aliphatic carbocycles. The number of likely N-dealkylation sites (N-methyl/N-ethyl adjacent to an activating group) is 1. The molecule has 6 rings (SSSR count). The first kappa shape index (κ1) is 19.7. The third-order valence-corrected chi connectivity index (χ3v) is 8.21. The van der Waals surface area contributed by atoms with Crippen LogP contribution < -0.4 is 9.80 Å². The molecule has 0 bridgehead atoms. The molecule has 3 fully saturated rings. The lowest BCUT2D eigenvalue weighted by molar-refractivity contribution is -0.137. The van der Waals surface area contributed by atoms with Crippen molar-refractivity contribution in [1.82, 2.24) is 4.90 Å². The van der Waals surface area contributed by atoms with Crippen LogP contribution in [-0.2, 0) is 19.9 Å². The number of hydrogen-bond donors (Lipinski definition) is 0. The number of aryl methyl sites for hydroxylation is 2. The molecule has 3 saturated heterocycles. The Hall–Kier alpha value is -2.99. The molecule has 164 valence electrons. The van der Waals surface area contributed by atoms with E-state index in [1.54, 1.807) is 4.90 Å². The zero-order valence-corrected chi connectivity index (χ0v) is 18.7. The van der Waals surface area contributed by atoms with Gasteiger partial charge in [0.15, 0.2) is 0 Å². The summed E-state index contributed by atoms with van der Waals surface area (Å²) in [6.07, 6.45) is 1.77. The molecule has 4 aliphatic rings. The highest BCUT2D eigenvalue weighted by molar-refractivity contribution is 6.26. The second-order valence-corrected chi connectivity index (χ2v) is 9.52. The van der Waals surface area contributed by atoms with Crippen LogP contribution >= 0.6 is 0 Å². The molecule has 1 spiro atoms. The van der Waals surface area contributed by atoms with E-state index in [1.165, 1.54) is 4.90 Å². The van der Waals surface area contributed by atoms with E-state index in [4.69, 9.17) is 0 Å². The Balaban J connectivity index is 1.56. The van der Waals surface area contributed by atoms with Gasteiger partial charge in [-0.15, -0.1) is 0 Å². The topological polar surface area (TPSA) is 60.9 Å². The van der Waals surface area contributed by atoms with Crippen LogP contribution in [0.2, 0.25) is 0 Å². The van der Waals surface area contributed by atoms with Gasteiger partial charge in [-0.25, -0.2) is 4.90 Å². The first-order valence-corrected chi connectivity index (χ1v) is 11.6. The summed E-state index contributed by atoms with van der Waals surface area (Å²) in [5.74, 6) is -1.62. The molecule has 2 aromatic rings. The van der Waals surface area contributed by atoms with Crippen molar-refractivity contribution in [3.05, 3.63) is 59.2 Å². The fourth-order valence-corrected chi connectivity index (χ4v) is 6.77. The standard InChI is InChI=1S/C26H27N3O3/c1-4-27-19-9-6-5-8-18(19)26(25(27)32)22-21(20-10-7-13-28(20)26)23(30)29(24(22)31)17-12-11-15(2)16(3)14-17/h5-6,8-9,11-12,14,20-22H,4,7,10,13H2,1-3H3/t20-,21+,22+,26+/m1/s1. The van der Waals surface area contributed by atoms with Gasteiger partial charge in [-0.05, 0) is 69.5 Å². The lowest BCUT2D eigenvalue weighted by Gasteiger charge is -2.37. The van der Waals surface area contributed by atoms with Gasteiger partial charge in [0.05, 0.1) is 17.5 Å². The second kappa shape index (κ2) is 6.51. The minimum absolute atomic E-state index is 0.0521. The number of amides is 3. The van der Waals surface area contributed by atoms with Gasteiger partial charge < -0.3 is 4.90 Å². The normalized spacial score (nSPS) is 31.1. The molecule has 0 unspecified atom stereocenters. The number of hydrogen-bond acceptors (Lipinski definition) is 4. The van der Waals surface area contributed by atoms with Gasteiger partial charge in [-0.2, -0.15) is 0 Å². The fraction of sp³-hybridized carbons (Fsp3) is 0.423. The molecular weight excluding hydrogens is 402 g/mol. The Morgan fingerprint density at radius 1 is 1.00 bits per heavy atom. The Bertz CT molecular complexity index is 1190. The minimum atomic E-state index is -1.08. The zero-order valence-electron chi connectivity index (χ0n) is 18.7. The van der Waals surface area contributed by atoms with Crippen molar-refractivity contribution in [2.75, 3.05) is 22.9 Å². The summed E-state index contributed by atoms with van der Waals surface area (Å²) in [6.45, 7) is 7.24. The van der Waals surface area contributed by atoms with E-state index in [9.17, 15) is 14.4 Å². The molecule has 4 aliphatic heterocycles. The third-order valence-electron chi connectivity index (χ3n) is 8.21. The molecule has 0 N–H and O–H groups in total. The number of imide groups is 1. The quantitative estimate of drug-likeness (QED) is 0.688. The summed E-state index contributed by atoms with van der Waals surface area (Å²) in [5.41, 5.74) is 3.44. The average molecular weight is 430 g/mol. The van der Waals surface area contributed by atoms with E-state index in [1.807, 2.05) is 63.2 Å². The maximum absolute atomic E-state index is 14.1. The Kier molecular flexibility index (Phi) is 4.01. The van der Waals surface area contributed by atoms with Crippen molar-refractivity contribution in [2.24, 2.45) is 11.8 Å². The van der Waals surface area contributed by atoms with E-state index >= 15 is 0 Å². The molecule has 0 radical (unpaired) electrons. The number of anilines is 2. The van der Waals surface area contributed by atoms with Crippen molar-refractivity contribution in [3.63, 3.8) is 0 Å².